The predicted octanol–water partition coefficient (Wildman–Crippen LogP) is 0.367. The van der Waals surface area contributed by atoms with Gasteiger partial charge in [0.1, 0.15) is 17.3 Å². The number of rotatable bonds is 3. The van der Waals surface area contributed by atoms with E-state index in [9.17, 15) is 14.4 Å². The normalized spacial score (nSPS) is 8.25. The maximum atomic E-state index is 10.3. The second-order valence-electron chi connectivity index (χ2n) is 3.49. The average Bonchev–Trinajstić information content (AvgIpc) is 2.03. The molecule has 0 spiro atoms. The van der Waals surface area contributed by atoms with Crippen molar-refractivity contribution in [1.29, 1.82) is 0 Å². The molecule has 0 bridgehead atoms. The van der Waals surface area contributed by atoms with Gasteiger partial charge in [-0.1, -0.05) is 0 Å². The molecule has 0 saturated carbocycles. The maximum Gasteiger partial charge on any atom is 0.137 e. The second kappa shape index (κ2) is 13.9. The van der Waals surface area contributed by atoms with Crippen LogP contribution in [-0.2, 0) is 14.4 Å². The summed E-state index contributed by atoms with van der Waals surface area (Å²) < 4.78 is 0. The van der Waals surface area contributed by atoms with Crippen molar-refractivity contribution in [3.8, 4) is 0 Å². The van der Waals surface area contributed by atoms with Gasteiger partial charge in [-0.3, -0.25) is 4.79 Å². The van der Waals surface area contributed by atoms with E-state index in [1.165, 1.54) is 34.6 Å². The van der Waals surface area contributed by atoms with E-state index in [0.29, 0.717) is 0 Å². The first-order valence-corrected chi connectivity index (χ1v) is 4.85. The molecule has 0 atom stereocenters. The molecule has 0 radical (unpaired) electrons. The third-order valence-corrected chi connectivity index (χ3v) is 1.02. The van der Waals surface area contributed by atoms with Gasteiger partial charge in [0.15, 0.2) is 0 Å². The highest BCUT2D eigenvalue weighted by Crippen LogP contribution is 1.92. The Hall–Kier alpha value is -1.07. The number of hydrogen-bond acceptors (Lipinski definition) is 5. The van der Waals surface area contributed by atoms with Crippen LogP contribution in [-0.4, -0.2) is 40.8 Å². The molecule has 0 amide bonds. The van der Waals surface area contributed by atoms with Crippen molar-refractivity contribution in [1.82, 2.24) is 0 Å². The standard InChI is InChI=1S/C5H10O3.2C3H6O/c1-4(8)5(2-6)3-7;2*1-3(2)4/h5-7H,2-3H2,1H3;2*1-2H3. The lowest BCUT2D eigenvalue weighted by Gasteiger charge is -2.02. The number of carbonyl (C=O) groups excluding carboxylic acids is 3. The molecule has 2 N–H and O–H groups in total. The lowest BCUT2D eigenvalue weighted by atomic mass is 10.1. The van der Waals surface area contributed by atoms with Crippen LogP contribution >= 0.6 is 0 Å². The molecule has 0 aliphatic carbocycles. The smallest absolute Gasteiger partial charge is 0.137 e. The van der Waals surface area contributed by atoms with Gasteiger partial charge in [0, 0.05) is 0 Å². The van der Waals surface area contributed by atoms with Crippen LogP contribution in [0.1, 0.15) is 34.6 Å². The summed E-state index contributed by atoms with van der Waals surface area (Å²) >= 11 is 0. The fourth-order valence-electron chi connectivity index (χ4n) is 0.315. The van der Waals surface area contributed by atoms with Crippen LogP contribution in [0, 0.1) is 5.92 Å². The molecule has 0 aliphatic heterocycles. The molecule has 0 heterocycles. The van der Waals surface area contributed by atoms with Crippen LogP contribution < -0.4 is 0 Å². The van der Waals surface area contributed by atoms with E-state index >= 15 is 0 Å². The van der Waals surface area contributed by atoms with Gasteiger partial charge in [-0.2, -0.15) is 0 Å². The largest absolute Gasteiger partial charge is 0.396 e. The quantitative estimate of drug-likeness (QED) is 0.736. The first-order chi connectivity index (χ1) is 7.18. The first kappa shape index (κ1) is 20.4. The maximum absolute atomic E-state index is 10.3. The Morgan fingerprint density at radius 2 is 1.00 bits per heavy atom. The lowest BCUT2D eigenvalue weighted by molar-refractivity contribution is -0.123. The Labute approximate surface area is 96.5 Å². The Balaban J connectivity index is -0.000000179. The van der Waals surface area contributed by atoms with Gasteiger partial charge in [-0.05, 0) is 34.6 Å². The van der Waals surface area contributed by atoms with E-state index in [1.54, 1.807) is 0 Å². The summed E-state index contributed by atoms with van der Waals surface area (Å²) in [5.74, 6) is -0.412. The van der Waals surface area contributed by atoms with Crippen LogP contribution in [0.5, 0.6) is 0 Å². The number of hydrogen-bond donors (Lipinski definition) is 2. The summed E-state index contributed by atoms with van der Waals surface area (Å²) in [7, 11) is 0. The molecule has 0 aromatic rings. The molecule has 5 heteroatoms. The molecule has 0 aliphatic rings. The zero-order chi connectivity index (χ0) is 13.7. The van der Waals surface area contributed by atoms with Gasteiger partial charge in [0.2, 0.25) is 0 Å². The molecule has 96 valence electrons. The fourth-order valence-corrected chi connectivity index (χ4v) is 0.315. The van der Waals surface area contributed by atoms with Crippen molar-refractivity contribution < 1.29 is 24.6 Å². The molecule has 0 fully saturated rings. The number of carbonyl (C=O) groups is 3. The van der Waals surface area contributed by atoms with Gasteiger partial charge in [-0.25, -0.2) is 0 Å². The van der Waals surface area contributed by atoms with Crippen molar-refractivity contribution in [3.05, 3.63) is 0 Å². The molecule has 0 rings (SSSR count). The highest BCUT2D eigenvalue weighted by molar-refractivity contribution is 5.78. The minimum Gasteiger partial charge on any atom is -0.396 e. The van der Waals surface area contributed by atoms with Crippen LogP contribution in [0.4, 0.5) is 0 Å². The van der Waals surface area contributed by atoms with Gasteiger partial charge in [0.05, 0.1) is 19.1 Å². The highest BCUT2D eigenvalue weighted by Gasteiger charge is 2.09. The molecule has 5 nitrogen and oxygen atoms in total. The van der Waals surface area contributed by atoms with Gasteiger partial charge >= 0.3 is 0 Å². The zero-order valence-corrected chi connectivity index (χ0v) is 10.6. The Bertz CT molecular complexity index is 186. The zero-order valence-electron chi connectivity index (χ0n) is 10.6. The van der Waals surface area contributed by atoms with Gasteiger partial charge in [0.25, 0.3) is 0 Å². The topological polar surface area (TPSA) is 91.7 Å². The number of aliphatic hydroxyl groups is 2. The minimum atomic E-state index is -0.574. The Kier molecular flexibility index (Phi) is 17.7. The fraction of sp³-hybridized carbons (Fsp3) is 0.727. The van der Waals surface area contributed by atoms with E-state index < -0.39 is 5.92 Å². The van der Waals surface area contributed by atoms with Gasteiger partial charge < -0.3 is 19.8 Å². The van der Waals surface area contributed by atoms with E-state index in [2.05, 4.69) is 0 Å². The molecule has 16 heavy (non-hydrogen) atoms. The summed E-state index contributed by atoms with van der Waals surface area (Å²) in [6, 6.07) is 0. The van der Waals surface area contributed by atoms with Crippen LogP contribution in [0.2, 0.25) is 0 Å². The highest BCUT2D eigenvalue weighted by atomic mass is 16.3. The average molecular weight is 234 g/mol. The van der Waals surface area contributed by atoms with Crippen LogP contribution in [0.25, 0.3) is 0 Å². The molecule has 0 aromatic heterocycles. The molecular weight excluding hydrogens is 212 g/mol. The third-order valence-electron chi connectivity index (χ3n) is 1.02. The minimum absolute atomic E-state index is 0.167. The Morgan fingerprint density at radius 1 is 0.812 bits per heavy atom. The number of ketones is 3. The molecule has 0 aromatic carbocycles. The van der Waals surface area contributed by atoms with Crippen molar-refractivity contribution in [2.45, 2.75) is 34.6 Å². The third kappa shape index (κ3) is 38.3. The Morgan fingerprint density at radius 3 is 1.00 bits per heavy atom. The van der Waals surface area contributed by atoms with Crippen molar-refractivity contribution in [3.63, 3.8) is 0 Å². The van der Waals surface area contributed by atoms with E-state index in [0.717, 1.165) is 0 Å². The summed E-state index contributed by atoms with van der Waals surface area (Å²) in [6.07, 6.45) is 0. The van der Waals surface area contributed by atoms with E-state index in [4.69, 9.17) is 10.2 Å². The summed E-state index contributed by atoms with van der Waals surface area (Å²) in [6.45, 7) is 6.94. The van der Waals surface area contributed by atoms with Crippen LogP contribution in [0.3, 0.4) is 0 Å². The number of aliphatic hydroxyl groups excluding tert-OH is 2. The second-order valence-corrected chi connectivity index (χ2v) is 3.49. The number of Topliss-reactive ketones (excluding diaryl/α,β-unsaturated/α-hetero) is 3. The SMILES string of the molecule is CC(=O)C(CO)CO.CC(C)=O.CC(C)=O. The monoisotopic (exact) mass is 234 g/mol. The van der Waals surface area contributed by atoms with Gasteiger partial charge in [-0.15, -0.1) is 0 Å². The molecule has 0 unspecified atom stereocenters. The first-order valence-electron chi connectivity index (χ1n) is 4.85. The van der Waals surface area contributed by atoms with Crippen molar-refractivity contribution in [2.75, 3.05) is 13.2 Å². The summed E-state index contributed by atoms with van der Waals surface area (Å²) in [4.78, 5) is 29.2. The van der Waals surface area contributed by atoms with Crippen molar-refractivity contribution in [2.24, 2.45) is 5.92 Å². The van der Waals surface area contributed by atoms with Crippen molar-refractivity contribution >= 4 is 17.3 Å². The molecular formula is C11H22O5. The molecule has 0 saturated heterocycles. The van der Waals surface area contributed by atoms with E-state index in [1.807, 2.05) is 0 Å². The van der Waals surface area contributed by atoms with E-state index in [-0.39, 0.29) is 30.6 Å². The summed E-state index contributed by atoms with van der Waals surface area (Å²) in [5.41, 5.74) is 0. The predicted molar refractivity (Wildman–Crippen MR) is 61.1 cm³/mol. The lowest BCUT2D eigenvalue weighted by Crippen LogP contribution is -2.18. The van der Waals surface area contributed by atoms with Crippen LogP contribution in [0.15, 0.2) is 0 Å². The summed E-state index contributed by atoms with van der Waals surface area (Å²) in [5, 5.41) is 16.6.